The standard InChI is InChI=1S/C17H20N2O3/c20-17(21)15-8-4-9-16(19-15)18-11-5-12-22-13-10-14-6-2-1-3-7-14/h1-4,6-9H,5,10-13H2,(H,18,19)(H,20,21). The molecule has 2 rings (SSSR count). The van der Waals surface area contributed by atoms with Crippen LogP contribution in [0.5, 0.6) is 0 Å². The number of pyridine rings is 1. The minimum atomic E-state index is -1.02. The molecule has 5 heteroatoms. The Balaban J connectivity index is 1.58. The molecule has 0 fully saturated rings. The lowest BCUT2D eigenvalue weighted by Crippen LogP contribution is -2.09. The monoisotopic (exact) mass is 300 g/mol. The largest absolute Gasteiger partial charge is 0.477 e. The number of nitrogens with one attached hydrogen (secondary N) is 1. The summed E-state index contributed by atoms with van der Waals surface area (Å²) in [4.78, 5) is 14.8. The van der Waals surface area contributed by atoms with E-state index >= 15 is 0 Å². The van der Waals surface area contributed by atoms with Crippen molar-refractivity contribution in [1.82, 2.24) is 4.98 Å². The summed E-state index contributed by atoms with van der Waals surface area (Å²) in [5, 5.41) is 12.0. The molecule has 0 aliphatic heterocycles. The highest BCUT2D eigenvalue weighted by Gasteiger charge is 2.04. The molecule has 116 valence electrons. The zero-order valence-electron chi connectivity index (χ0n) is 12.4. The molecule has 5 nitrogen and oxygen atoms in total. The number of nitrogens with zero attached hydrogens (tertiary/aromatic N) is 1. The van der Waals surface area contributed by atoms with Crippen LogP contribution in [0.4, 0.5) is 5.82 Å². The van der Waals surface area contributed by atoms with Gasteiger partial charge >= 0.3 is 5.97 Å². The summed E-state index contributed by atoms with van der Waals surface area (Å²) in [5.74, 6) is -0.447. The number of rotatable bonds is 9. The minimum absolute atomic E-state index is 0.0455. The first-order valence-electron chi connectivity index (χ1n) is 7.31. The Hall–Kier alpha value is -2.40. The lowest BCUT2D eigenvalue weighted by atomic mass is 10.2. The van der Waals surface area contributed by atoms with E-state index in [1.807, 2.05) is 18.2 Å². The smallest absolute Gasteiger partial charge is 0.354 e. The normalized spacial score (nSPS) is 10.4. The highest BCUT2D eigenvalue weighted by Crippen LogP contribution is 2.05. The average Bonchev–Trinajstić information content (AvgIpc) is 2.55. The van der Waals surface area contributed by atoms with Crippen molar-refractivity contribution in [3.8, 4) is 0 Å². The molecular formula is C17H20N2O3. The molecule has 2 N–H and O–H groups in total. The number of anilines is 1. The van der Waals surface area contributed by atoms with Crippen LogP contribution in [0.2, 0.25) is 0 Å². The van der Waals surface area contributed by atoms with Crippen molar-refractivity contribution in [2.24, 2.45) is 0 Å². The number of ether oxygens (including phenoxy) is 1. The van der Waals surface area contributed by atoms with E-state index in [2.05, 4.69) is 22.4 Å². The number of carboxylic acid groups (broad SMARTS) is 1. The van der Waals surface area contributed by atoms with Crippen LogP contribution >= 0.6 is 0 Å². The van der Waals surface area contributed by atoms with Crippen molar-refractivity contribution < 1.29 is 14.6 Å². The molecule has 0 radical (unpaired) electrons. The van der Waals surface area contributed by atoms with Crippen molar-refractivity contribution in [3.63, 3.8) is 0 Å². The van der Waals surface area contributed by atoms with E-state index in [1.54, 1.807) is 12.1 Å². The summed E-state index contributed by atoms with van der Waals surface area (Å²) in [6.07, 6.45) is 1.75. The van der Waals surface area contributed by atoms with Crippen LogP contribution in [-0.2, 0) is 11.2 Å². The van der Waals surface area contributed by atoms with Crippen molar-refractivity contribution in [2.45, 2.75) is 12.8 Å². The number of carboxylic acids is 1. The summed E-state index contributed by atoms with van der Waals surface area (Å²) in [5.41, 5.74) is 1.32. The van der Waals surface area contributed by atoms with Crippen molar-refractivity contribution in [3.05, 3.63) is 59.8 Å². The highest BCUT2D eigenvalue weighted by molar-refractivity contribution is 5.85. The third kappa shape index (κ3) is 5.54. The highest BCUT2D eigenvalue weighted by atomic mass is 16.5. The molecule has 1 aromatic heterocycles. The average molecular weight is 300 g/mol. The molecule has 0 bridgehead atoms. The third-order valence-corrected chi connectivity index (χ3v) is 3.12. The molecule has 0 aliphatic carbocycles. The molecule has 0 unspecified atom stereocenters. The lowest BCUT2D eigenvalue weighted by Gasteiger charge is -2.07. The van der Waals surface area contributed by atoms with Crippen LogP contribution in [0, 0.1) is 0 Å². The van der Waals surface area contributed by atoms with Gasteiger partial charge in [0, 0.05) is 13.2 Å². The van der Waals surface area contributed by atoms with Gasteiger partial charge in [-0.1, -0.05) is 36.4 Å². The van der Waals surface area contributed by atoms with Gasteiger partial charge in [-0.05, 0) is 30.5 Å². The Bertz CT molecular complexity index is 587. The topological polar surface area (TPSA) is 71.5 Å². The molecule has 2 aromatic rings. The number of hydrogen-bond acceptors (Lipinski definition) is 4. The van der Waals surface area contributed by atoms with Gasteiger partial charge in [-0.3, -0.25) is 0 Å². The van der Waals surface area contributed by atoms with Gasteiger partial charge in [0.1, 0.15) is 5.82 Å². The number of carbonyl (C=O) groups is 1. The lowest BCUT2D eigenvalue weighted by molar-refractivity contribution is 0.0690. The van der Waals surface area contributed by atoms with Gasteiger partial charge in [0.2, 0.25) is 0 Å². The first-order chi connectivity index (χ1) is 10.8. The molecule has 0 atom stereocenters. The molecule has 0 saturated carbocycles. The fraction of sp³-hybridized carbons (Fsp3) is 0.294. The molecule has 1 heterocycles. The molecular weight excluding hydrogens is 280 g/mol. The van der Waals surface area contributed by atoms with E-state index in [1.165, 1.54) is 11.6 Å². The van der Waals surface area contributed by atoms with Gasteiger partial charge in [0.05, 0.1) is 6.61 Å². The Morgan fingerprint density at radius 3 is 2.68 bits per heavy atom. The molecule has 0 spiro atoms. The van der Waals surface area contributed by atoms with Crippen LogP contribution in [0.25, 0.3) is 0 Å². The third-order valence-electron chi connectivity index (χ3n) is 3.12. The fourth-order valence-corrected chi connectivity index (χ4v) is 1.98. The number of aromatic carboxylic acids is 1. The first-order valence-corrected chi connectivity index (χ1v) is 7.31. The number of hydrogen-bond donors (Lipinski definition) is 2. The van der Waals surface area contributed by atoms with Crippen LogP contribution in [-0.4, -0.2) is 35.8 Å². The quantitative estimate of drug-likeness (QED) is 0.697. The maximum atomic E-state index is 10.8. The molecule has 1 aromatic carbocycles. The van der Waals surface area contributed by atoms with Crippen molar-refractivity contribution >= 4 is 11.8 Å². The van der Waals surface area contributed by atoms with Crippen LogP contribution in [0.3, 0.4) is 0 Å². The maximum absolute atomic E-state index is 10.8. The Labute approximate surface area is 130 Å². The van der Waals surface area contributed by atoms with Gasteiger partial charge in [-0.15, -0.1) is 0 Å². The molecule has 0 saturated heterocycles. The Morgan fingerprint density at radius 1 is 1.09 bits per heavy atom. The van der Waals surface area contributed by atoms with E-state index in [0.717, 1.165) is 12.8 Å². The summed E-state index contributed by atoms with van der Waals surface area (Å²) in [6, 6.07) is 15.1. The predicted octanol–water partition coefficient (Wildman–Crippen LogP) is 2.84. The zero-order valence-corrected chi connectivity index (χ0v) is 12.4. The van der Waals surface area contributed by atoms with E-state index in [9.17, 15) is 4.79 Å². The van der Waals surface area contributed by atoms with Crippen LogP contribution in [0.15, 0.2) is 48.5 Å². The summed E-state index contributed by atoms with van der Waals surface area (Å²) in [6.45, 7) is 2.07. The van der Waals surface area contributed by atoms with Gasteiger partial charge in [-0.25, -0.2) is 9.78 Å². The predicted molar refractivity (Wildman–Crippen MR) is 85.3 cm³/mol. The zero-order chi connectivity index (χ0) is 15.6. The minimum Gasteiger partial charge on any atom is -0.477 e. The van der Waals surface area contributed by atoms with E-state index in [-0.39, 0.29) is 5.69 Å². The number of benzene rings is 1. The Kier molecular flexibility index (Phi) is 6.39. The second-order valence-corrected chi connectivity index (χ2v) is 4.84. The van der Waals surface area contributed by atoms with Crippen LogP contribution in [0.1, 0.15) is 22.5 Å². The summed E-state index contributed by atoms with van der Waals surface area (Å²) < 4.78 is 5.58. The van der Waals surface area contributed by atoms with Gasteiger partial charge in [0.15, 0.2) is 5.69 Å². The molecule has 0 amide bonds. The number of aromatic nitrogens is 1. The van der Waals surface area contributed by atoms with E-state index in [4.69, 9.17) is 9.84 Å². The molecule has 0 aliphatic rings. The summed E-state index contributed by atoms with van der Waals surface area (Å²) in [7, 11) is 0. The van der Waals surface area contributed by atoms with Crippen LogP contribution < -0.4 is 5.32 Å². The van der Waals surface area contributed by atoms with Crippen molar-refractivity contribution in [2.75, 3.05) is 25.1 Å². The Morgan fingerprint density at radius 2 is 1.91 bits per heavy atom. The van der Waals surface area contributed by atoms with Crippen molar-refractivity contribution in [1.29, 1.82) is 0 Å². The van der Waals surface area contributed by atoms with Gasteiger partial charge in [-0.2, -0.15) is 0 Å². The first kappa shape index (κ1) is 16.0. The van der Waals surface area contributed by atoms with Gasteiger partial charge < -0.3 is 15.2 Å². The van der Waals surface area contributed by atoms with E-state index < -0.39 is 5.97 Å². The maximum Gasteiger partial charge on any atom is 0.354 e. The SMILES string of the molecule is O=C(O)c1cccc(NCCCOCCc2ccccc2)n1. The van der Waals surface area contributed by atoms with Gasteiger partial charge in [0.25, 0.3) is 0 Å². The second kappa shape index (κ2) is 8.79. The molecule has 22 heavy (non-hydrogen) atoms. The second-order valence-electron chi connectivity index (χ2n) is 4.84. The summed E-state index contributed by atoms with van der Waals surface area (Å²) >= 11 is 0. The fourth-order valence-electron chi connectivity index (χ4n) is 1.98. The van der Waals surface area contributed by atoms with E-state index in [0.29, 0.717) is 25.6 Å².